The quantitative estimate of drug-likeness (QED) is 0.496. The summed E-state index contributed by atoms with van der Waals surface area (Å²) in [6, 6.07) is 9.91. The first kappa shape index (κ1) is 23.6. The van der Waals surface area contributed by atoms with Crippen LogP contribution in [0.5, 0.6) is 5.75 Å². The molecule has 0 bridgehead atoms. The number of fused-ring (bicyclic) bond motifs is 1. The fourth-order valence-electron chi connectivity index (χ4n) is 4.62. The summed E-state index contributed by atoms with van der Waals surface area (Å²) >= 11 is 6.31. The second kappa shape index (κ2) is 10.2. The Labute approximate surface area is 210 Å². The van der Waals surface area contributed by atoms with E-state index < -0.39 is 0 Å². The molecule has 0 aliphatic carbocycles. The Morgan fingerprint density at radius 3 is 2.80 bits per heavy atom. The second-order valence-electron chi connectivity index (χ2n) is 9.24. The maximum Gasteiger partial charge on any atom is 0.253 e. The van der Waals surface area contributed by atoms with Crippen LogP contribution in [0.15, 0.2) is 42.7 Å². The van der Waals surface area contributed by atoms with Gasteiger partial charge in [-0.05, 0) is 63.6 Å². The first-order valence-electron chi connectivity index (χ1n) is 12.1. The Hall–Kier alpha value is -3.17. The Morgan fingerprint density at radius 2 is 2.03 bits per heavy atom. The highest BCUT2D eigenvalue weighted by molar-refractivity contribution is 6.32. The van der Waals surface area contributed by atoms with Crippen molar-refractivity contribution in [3.05, 3.63) is 53.3 Å². The lowest BCUT2D eigenvalue weighted by molar-refractivity contribution is 0.0571. The molecule has 184 valence electrons. The lowest BCUT2D eigenvalue weighted by Crippen LogP contribution is -2.52. The molecule has 0 radical (unpaired) electrons. The van der Waals surface area contributed by atoms with Crippen LogP contribution >= 0.6 is 11.6 Å². The van der Waals surface area contributed by atoms with Gasteiger partial charge in [-0.3, -0.25) is 14.4 Å². The van der Waals surface area contributed by atoms with Gasteiger partial charge in [0, 0.05) is 43.5 Å². The van der Waals surface area contributed by atoms with Gasteiger partial charge in [0.15, 0.2) is 6.73 Å². The van der Waals surface area contributed by atoms with Crippen LogP contribution in [0.1, 0.15) is 43.1 Å². The number of hydrogen-bond acceptors (Lipinski definition) is 7. The Kier molecular flexibility index (Phi) is 6.88. The van der Waals surface area contributed by atoms with E-state index in [0.29, 0.717) is 39.7 Å². The van der Waals surface area contributed by atoms with Gasteiger partial charge >= 0.3 is 0 Å². The molecule has 35 heavy (non-hydrogen) atoms. The standard InChI is InChI=1S/C25H30ClN7O2/c1-17(2)33-11-9-22(30-33)23-21(26)14-27-25(29-23)28-16-35-20-7-5-18(6-8-20)24(34)32-13-12-31-10-3-4-19(31)15-32/h5-9,11,14,17,19H,3-4,10,12-13,15-16H2,1-2H3,(H,27,28,29). The largest absolute Gasteiger partial charge is 0.473 e. The summed E-state index contributed by atoms with van der Waals surface area (Å²) in [5.74, 6) is 1.13. The minimum atomic E-state index is 0.0863. The summed E-state index contributed by atoms with van der Waals surface area (Å²) in [6.45, 7) is 8.02. The highest BCUT2D eigenvalue weighted by atomic mass is 35.5. The summed E-state index contributed by atoms with van der Waals surface area (Å²) in [4.78, 5) is 26.1. The molecule has 2 fully saturated rings. The van der Waals surface area contributed by atoms with E-state index in [-0.39, 0.29) is 18.7 Å². The van der Waals surface area contributed by atoms with Crippen LogP contribution in [0.4, 0.5) is 5.95 Å². The molecule has 5 rings (SSSR count). The lowest BCUT2D eigenvalue weighted by atomic mass is 10.1. The molecule has 2 aliphatic heterocycles. The Morgan fingerprint density at radius 1 is 1.20 bits per heavy atom. The maximum atomic E-state index is 12.9. The van der Waals surface area contributed by atoms with Gasteiger partial charge in [-0.25, -0.2) is 9.97 Å². The van der Waals surface area contributed by atoms with E-state index in [1.165, 1.54) is 12.8 Å². The second-order valence-corrected chi connectivity index (χ2v) is 9.65. The van der Waals surface area contributed by atoms with Gasteiger partial charge in [0.05, 0.1) is 11.2 Å². The van der Waals surface area contributed by atoms with Crippen molar-refractivity contribution in [3.8, 4) is 17.1 Å². The van der Waals surface area contributed by atoms with Gasteiger partial charge in [-0.15, -0.1) is 0 Å². The van der Waals surface area contributed by atoms with Crippen LogP contribution in [-0.2, 0) is 0 Å². The van der Waals surface area contributed by atoms with Crippen molar-refractivity contribution in [2.75, 3.05) is 38.2 Å². The normalized spacial score (nSPS) is 18.1. The Balaban J connectivity index is 1.16. The molecule has 9 nitrogen and oxygen atoms in total. The average molecular weight is 496 g/mol. The van der Waals surface area contributed by atoms with Crippen molar-refractivity contribution in [2.24, 2.45) is 0 Å². The molecule has 1 amide bonds. The smallest absolute Gasteiger partial charge is 0.253 e. The third-order valence-corrected chi connectivity index (χ3v) is 6.85. The highest BCUT2D eigenvalue weighted by Gasteiger charge is 2.32. The van der Waals surface area contributed by atoms with Crippen molar-refractivity contribution in [1.29, 1.82) is 0 Å². The first-order valence-corrected chi connectivity index (χ1v) is 12.4. The van der Waals surface area contributed by atoms with Gasteiger partial charge in [-0.1, -0.05) is 11.6 Å². The molecular formula is C25H30ClN7O2. The maximum absolute atomic E-state index is 12.9. The van der Waals surface area contributed by atoms with Gasteiger partial charge in [-0.2, -0.15) is 5.10 Å². The van der Waals surface area contributed by atoms with E-state index in [1.54, 1.807) is 6.20 Å². The molecule has 1 atom stereocenters. The van der Waals surface area contributed by atoms with Gasteiger partial charge < -0.3 is 15.0 Å². The van der Waals surface area contributed by atoms with Crippen LogP contribution in [0.3, 0.4) is 0 Å². The lowest BCUT2D eigenvalue weighted by Gasteiger charge is -2.37. The van der Waals surface area contributed by atoms with E-state index in [2.05, 4.69) is 39.1 Å². The van der Waals surface area contributed by atoms with Crippen LogP contribution in [-0.4, -0.2) is 74.4 Å². The topological polar surface area (TPSA) is 88.4 Å². The van der Waals surface area contributed by atoms with Crippen molar-refractivity contribution in [2.45, 2.75) is 38.8 Å². The molecule has 4 heterocycles. The SMILES string of the molecule is CC(C)n1ccc(-c2nc(NCOc3ccc(C(=O)N4CCN5CCCC5C4)cc3)ncc2Cl)n1. The number of amides is 1. The number of benzene rings is 1. The zero-order valence-corrected chi connectivity index (χ0v) is 20.8. The number of piperazine rings is 1. The minimum Gasteiger partial charge on any atom is -0.473 e. The number of carbonyl (C=O) groups excluding carboxylic acids is 1. The molecular weight excluding hydrogens is 466 g/mol. The molecule has 10 heteroatoms. The average Bonchev–Trinajstić information content (AvgIpc) is 3.55. The van der Waals surface area contributed by atoms with E-state index in [9.17, 15) is 4.79 Å². The number of aromatic nitrogens is 4. The van der Waals surface area contributed by atoms with Crippen molar-refractivity contribution in [3.63, 3.8) is 0 Å². The van der Waals surface area contributed by atoms with Crippen LogP contribution in [0.25, 0.3) is 11.4 Å². The Bertz CT molecular complexity index is 1180. The predicted molar refractivity (Wildman–Crippen MR) is 135 cm³/mol. The van der Waals surface area contributed by atoms with E-state index in [0.717, 1.165) is 26.2 Å². The molecule has 2 aliphatic rings. The molecule has 0 spiro atoms. The van der Waals surface area contributed by atoms with Gasteiger partial charge in [0.2, 0.25) is 5.95 Å². The van der Waals surface area contributed by atoms with Crippen molar-refractivity contribution >= 4 is 23.5 Å². The monoisotopic (exact) mass is 495 g/mol. The third-order valence-electron chi connectivity index (χ3n) is 6.57. The zero-order chi connectivity index (χ0) is 24.4. The number of anilines is 1. The van der Waals surface area contributed by atoms with Crippen LogP contribution in [0.2, 0.25) is 5.02 Å². The van der Waals surface area contributed by atoms with Crippen LogP contribution < -0.4 is 10.1 Å². The molecule has 3 aromatic rings. The first-order chi connectivity index (χ1) is 17.0. The fourth-order valence-corrected chi connectivity index (χ4v) is 4.81. The number of nitrogens with one attached hydrogen (secondary N) is 1. The molecule has 0 saturated carbocycles. The summed E-state index contributed by atoms with van der Waals surface area (Å²) in [5, 5.41) is 8.01. The number of nitrogens with zero attached hydrogens (tertiary/aromatic N) is 6. The summed E-state index contributed by atoms with van der Waals surface area (Å²) < 4.78 is 7.64. The number of rotatable bonds is 7. The summed E-state index contributed by atoms with van der Waals surface area (Å²) in [5.41, 5.74) is 1.93. The van der Waals surface area contributed by atoms with Gasteiger partial charge in [0.1, 0.15) is 17.1 Å². The molecule has 2 saturated heterocycles. The number of carbonyl (C=O) groups is 1. The van der Waals surface area contributed by atoms with Crippen molar-refractivity contribution in [1.82, 2.24) is 29.5 Å². The summed E-state index contributed by atoms with van der Waals surface area (Å²) in [7, 11) is 0. The molecule has 1 aromatic carbocycles. The number of ether oxygens (including phenoxy) is 1. The van der Waals surface area contributed by atoms with E-state index in [1.807, 2.05) is 46.1 Å². The van der Waals surface area contributed by atoms with Gasteiger partial charge in [0.25, 0.3) is 5.91 Å². The third kappa shape index (κ3) is 5.26. The summed E-state index contributed by atoms with van der Waals surface area (Å²) in [6.07, 6.45) is 5.87. The highest BCUT2D eigenvalue weighted by Crippen LogP contribution is 2.26. The molecule has 1 unspecified atom stereocenters. The molecule has 2 aromatic heterocycles. The van der Waals surface area contributed by atoms with Crippen LogP contribution in [0, 0.1) is 0 Å². The predicted octanol–water partition coefficient (Wildman–Crippen LogP) is 3.94. The minimum absolute atomic E-state index is 0.0863. The fraction of sp³-hybridized carbons (Fsp3) is 0.440. The number of halogens is 1. The van der Waals surface area contributed by atoms with E-state index >= 15 is 0 Å². The molecule has 1 N–H and O–H groups in total. The number of hydrogen-bond donors (Lipinski definition) is 1. The van der Waals surface area contributed by atoms with Crippen molar-refractivity contribution < 1.29 is 9.53 Å². The zero-order valence-electron chi connectivity index (χ0n) is 20.0. The van der Waals surface area contributed by atoms with E-state index in [4.69, 9.17) is 16.3 Å².